The number of hydrogen-bond donors (Lipinski definition) is 1. The lowest BCUT2D eigenvalue weighted by Gasteiger charge is -2.12. The zero-order valence-corrected chi connectivity index (χ0v) is 13.5. The Morgan fingerprint density at radius 2 is 2.05 bits per heavy atom. The molecule has 3 nitrogen and oxygen atoms in total. The average molecular weight is 322 g/mol. The largest absolute Gasteiger partial charge is 0.316 e. The number of nitrogens with one attached hydrogen (secondary N) is 1. The molecule has 0 aliphatic carbocycles. The maximum atomic E-state index is 4.70. The first-order chi connectivity index (χ1) is 9.08. The minimum absolute atomic E-state index is 0.836. The van der Waals surface area contributed by atoms with Gasteiger partial charge in [-0.25, -0.2) is 4.68 Å². The summed E-state index contributed by atoms with van der Waals surface area (Å²) in [4.78, 5) is 0. The molecule has 0 radical (unpaired) electrons. The van der Waals surface area contributed by atoms with Gasteiger partial charge < -0.3 is 5.32 Å². The van der Waals surface area contributed by atoms with E-state index in [0.29, 0.717) is 0 Å². The molecule has 0 aliphatic heterocycles. The molecular weight excluding hydrogens is 302 g/mol. The lowest BCUT2D eigenvalue weighted by molar-refractivity contribution is 0.774. The van der Waals surface area contributed by atoms with Crippen LogP contribution in [-0.2, 0) is 13.0 Å². The number of hydrogen-bond acceptors (Lipinski definition) is 2. The van der Waals surface area contributed by atoms with Crippen LogP contribution in [0.15, 0.2) is 22.7 Å². The number of halogens is 1. The van der Waals surface area contributed by atoms with E-state index in [1.54, 1.807) is 0 Å². The molecule has 1 aromatic carbocycles. The van der Waals surface area contributed by atoms with Crippen LogP contribution in [0.5, 0.6) is 0 Å². The molecule has 0 atom stereocenters. The minimum atomic E-state index is 0.836. The van der Waals surface area contributed by atoms with Gasteiger partial charge in [-0.05, 0) is 50.6 Å². The van der Waals surface area contributed by atoms with Gasteiger partial charge in [-0.3, -0.25) is 0 Å². The summed E-state index contributed by atoms with van der Waals surface area (Å²) in [5, 5.41) is 7.92. The van der Waals surface area contributed by atoms with E-state index < -0.39 is 0 Å². The van der Waals surface area contributed by atoms with Gasteiger partial charge in [-0.1, -0.05) is 28.9 Å². The fraction of sp³-hybridized carbons (Fsp3) is 0.400. The molecule has 19 heavy (non-hydrogen) atoms. The number of aryl methyl sites for hydroxylation is 1. The first-order valence-electron chi connectivity index (χ1n) is 6.57. The average Bonchev–Trinajstić information content (AvgIpc) is 2.67. The Hall–Kier alpha value is -1.13. The smallest absolute Gasteiger partial charge is 0.0705 e. The second kappa shape index (κ2) is 5.88. The molecule has 0 amide bonds. The van der Waals surface area contributed by atoms with Crippen molar-refractivity contribution in [1.82, 2.24) is 15.1 Å². The fourth-order valence-corrected chi connectivity index (χ4v) is 2.84. The Balaban J connectivity index is 2.60. The highest BCUT2D eigenvalue weighted by atomic mass is 79.9. The molecule has 2 rings (SSSR count). The Morgan fingerprint density at radius 3 is 2.63 bits per heavy atom. The van der Waals surface area contributed by atoms with Gasteiger partial charge in [-0.2, -0.15) is 5.10 Å². The van der Waals surface area contributed by atoms with Gasteiger partial charge in [0.05, 0.1) is 11.4 Å². The Morgan fingerprint density at radius 1 is 1.32 bits per heavy atom. The van der Waals surface area contributed by atoms with E-state index in [0.717, 1.165) is 28.8 Å². The fourth-order valence-electron chi connectivity index (χ4n) is 2.50. The summed E-state index contributed by atoms with van der Waals surface area (Å²) in [5.74, 6) is 0. The molecule has 0 unspecified atom stereocenters. The van der Waals surface area contributed by atoms with E-state index in [-0.39, 0.29) is 0 Å². The van der Waals surface area contributed by atoms with Gasteiger partial charge in [-0.15, -0.1) is 0 Å². The van der Waals surface area contributed by atoms with Crippen molar-refractivity contribution in [2.24, 2.45) is 0 Å². The van der Waals surface area contributed by atoms with Gasteiger partial charge in [0.25, 0.3) is 0 Å². The Bertz CT molecular complexity index is 587. The van der Waals surface area contributed by atoms with E-state index >= 15 is 0 Å². The summed E-state index contributed by atoms with van der Waals surface area (Å²) in [6, 6.07) is 6.34. The summed E-state index contributed by atoms with van der Waals surface area (Å²) < 4.78 is 3.14. The van der Waals surface area contributed by atoms with Crippen LogP contribution in [-0.4, -0.2) is 16.8 Å². The third-order valence-electron chi connectivity index (χ3n) is 3.44. The van der Waals surface area contributed by atoms with Crippen molar-refractivity contribution in [3.63, 3.8) is 0 Å². The third kappa shape index (κ3) is 2.74. The van der Waals surface area contributed by atoms with Crippen LogP contribution in [0.4, 0.5) is 0 Å². The van der Waals surface area contributed by atoms with Crippen LogP contribution in [0.2, 0.25) is 0 Å². The van der Waals surface area contributed by atoms with Crippen LogP contribution in [0.1, 0.15) is 29.4 Å². The molecule has 0 saturated heterocycles. The Kier molecular flexibility index (Phi) is 4.42. The molecule has 0 aliphatic rings. The standard InChI is InChI=1S/C15H20BrN3/c1-5-14-10(2)18-19(11(14)3)15-8-13(16)7-6-12(15)9-17-4/h6-8,17H,5,9H2,1-4H3. The summed E-state index contributed by atoms with van der Waals surface area (Å²) >= 11 is 3.55. The molecule has 102 valence electrons. The van der Waals surface area contributed by atoms with Gasteiger partial charge in [0, 0.05) is 16.7 Å². The molecule has 0 spiro atoms. The zero-order valence-electron chi connectivity index (χ0n) is 11.9. The molecule has 0 fully saturated rings. The lowest BCUT2D eigenvalue weighted by Crippen LogP contribution is -2.10. The number of benzene rings is 1. The quantitative estimate of drug-likeness (QED) is 0.933. The van der Waals surface area contributed by atoms with Gasteiger partial charge in [0.15, 0.2) is 0 Å². The second-order valence-corrected chi connectivity index (χ2v) is 5.63. The van der Waals surface area contributed by atoms with Crippen molar-refractivity contribution in [2.45, 2.75) is 33.7 Å². The SMILES string of the molecule is CCc1c(C)nn(-c2cc(Br)ccc2CNC)c1C. The Labute approximate surface area is 123 Å². The molecule has 1 aromatic heterocycles. The molecule has 2 aromatic rings. The van der Waals surface area contributed by atoms with Crippen LogP contribution >= 0.6 is 15.9 Å². The van der Waals surface area contributed by atoms with E-state index in [1.807, 2.05) is 7.05 Å². The summed E-state index contributed by atoms with van der Waals surface area (Å²) in [6.45, 7) is 7.24. The topological polar surface area (TPSA) is 29.9 Å². The minimum Gasteiger partial charge on any atom is -0.316 e. The first-order valence-corrected chi connectivity index (χ1v) is 7.36. The van der Waals surface area contributed by atoms with Crippen LogP contribution in [0.3, 0.4) is 0 Å². The highest BCUT2D eigenvalue weighted by Crippen LogP contribution is 2.24. The second-order valence-electron chi connectivity index (χ2n) is 4.72. The van der Waals surface area contributed by atoms with Crippen molar-refractivity contribution in [2.75, 3.05) is 7.05 Å². The maximum Gasteiger partial charge on any atom is 0.0705 e. The highest BCUT2D eigenvalue weighted by molar-refractivity contribution is 9.10. The van der Waals surface area contributed by atoms with Gasteiger partial charge in [0.1, 0.15) is 0 Å². The molecule has 1 heterocycles. The number of rotatable bonds is 4. The zero-order chi connectivity index (χ0) is 14.0. The summed E-state index contributed by atoms with van der Waals surface area (Å²) in [7, 11) is 1.96. The molecular formula is C15H20BrN3. The van der Waals surface area contributed by atoms with Crippen molar-refractivity contribution < 1.29 is 0 Å². The summed E-state index contributed by atoms with van der Waals surface area (Å²) in [6.07, 6.45) is 1.02. The molecule has 0 bridgehead atoms. The predicted octanol–water partition coefficient (Wildman–Crippen LogP) is 3.53. The lowest BCUT2D eigenvalue weighted by atomic mass is 10.1. The summed E-state index contributed by atoms with van der Waals surface area (Å²) in [5.41, 5.74) is 6.09. The number of nitrogens with zero attached hydrogens (tertiary/aromatic N) is 2. The highest BCUT2D eigenvalue weighted by Gasteiger charge is 2.13. The molecule has 1 N–H and O–H groups in total. The maximum absolute atomic E-state index is 4.70. The molecule has 4 heteroatoms. The van der Waals surface area contributed by atoms with Crippen LogP contribution in [0.25, 0.3) is 5.69 Å². The van der Waals surface area contributed by atoms with E-state index in [9.17, 15) is 0 Å². The normalized spacial score (nSPS) is 11.0. The monoisotopic (exact) mass is 321 g/mol. The van der Waals surface area contributed by atoms with Crippen molar-refractivity contribution >= 4 is 15.9 Å². The van der Waals surface area contributed by atoms with Crippen molar-refractivity contribution in [3.05, 3.63) is 45.2 Å². The van der Waals surface area contributed by atoms with Crippen LogP contribution < -0.4 is 5.32 Å². The van der Waals surface area contributed by atoms with Crippen molar-refractivity contribution in [3.8, 4) is 5.69 Å². The van der Waals surface area contributed by atoms with E-state index in [4.69, 9.17) is 5.10 Å². The van der Waals surface area contributed by atoms with Crippen molar-refractivity contribution in [1.29, 1.82) is 0 Å². The first kappa shape index (κ1) is 14.3. The molecule has 0 saturated carbocycles. The van der Waals surface area contributed by atoms with Crippen LogP contribution in [0, 0.1) is 13.8 Å². The van der Waals surface area contributed by atoms with Gasteiger partial charge in [0.2, 0.25) is 0 Å². The van der Waals surface area contributed by atoms with E-state index in [1.165, 1.54) is 16.8 Å². The predicted molar refractivity (Wildman–Crippen MR) is 82.9 cm³/mol. The van der Waals surface area contributed by atoms with Gasteiger partial charge >= 0.3 is 0 Å². The van der Waals surface area contributed by atoms with E-state index in [2.05, 4.69) is 64.9 Å². The third-order valence-corrected chi connectivity index (χ3v) is 3.93. The number of aromatic nitrogens is 2.